The van der Waals surface area contributed by atoms with Crippen molar-refractivity contribution in [3.63, 3.8) is 0 Å². The fraction of sp³-hybridized carbons (Fsp3) is 0.176. The summed E-state index contributed by atoms with van der Waals surface area (Å²) in [6, 6.07) is 25.8. The number of hydrogen-bond donors (Lipinski definition) is 0. The summed E-state index contributed by atoms with van der Waals surface area (Å²) in [5, 5.41) is -1.08. The van der Waals surface area contributed by atoms with Crippen molar-refractivity contribution in [1.29, 1.82) is 0 Å². The Hall–Kier alpha value is -2.88. The zero-order valence-corrected chi connectivity index (χ0v) is 32.3. The fourth-order valence-corrected chi connectivity index (χ4v) is 6.30. The van der Waals surface area contributed by atoms with Crippen LogP contribution in [0.5, 0.6) is 0 Å². The van der Waals surface area contributed by atoms with Gasteiger partial charge in [0.2, 0.25) is 0 Å². The zero-order chi connectivity index (χ0) is 34.4. The van der Waals surface area contributed by atoms with E-state index < -0.39 is 59.9 Å². The molecule has 0 N–H and O–H groups in total. The van der Waals surface area contributed by atoms with Crippen LogP contribution < -0.4 is 0 Å². The number of halogens is 5. The quantitative estimate of drug-likeness (QED) is 0.0924. The van der Waals surface area contributed by atoms with Crippen molar-refractivity contribution in [3.8, 4) is 0 Å². The molecule has 4 aromatic rings. The summed E-state index contributed by atoms with van der Waals surface area (Å²) in [5.41, 5.74) is 0.855. The Morgan fingerprint density at radius 1 is 0.479 bits per heavy atom. The molecule has 0 spiro atoms. The molecule has 0 aromatic heterocycles. The standard InChI is InChI=1S/C34H23Br5O9/c35-22-9-1-18(2-10-22)31(40)44-17-26-27(46-32(41)19-3-11-23(36)12-4-19)28(47-33(42)20-5-13-24(37)14-6-20)29(30(39)45-26)48-34(43)21-7-15-25(38)16-8-21/h1-16,26-30H,17H2/t26-,27-,28+,29-,30+/m1/s1. The molecule has 5 atom stereocenters. The molecule has 1 aliphatic rings. The number of hydrogen-bond acceptors (Lipinski definition) is 9. The van der Waals surface area contributed by atoms with Crippen LogP contribution in [-0.2, 0) is 23.7 Å². The third-order valence-corrected chi connectivity index (χ3v) is 9.86. The van der Waals surface area contributed by atoms with Crippen LogP contribution in [0.25, 0.3) is 0 Å². The van der Waals surface area contributed by atoms with Crippen LogP contribution in [0.15, 0.2) is 115 Å². The molecule has 1 heterocycles. The molecule has 0 bridgehead atoms. The van der Waals surface area contributed by atoms with Crippen LogP contribution in [0.4, 0.5) is 0 Å². The van der Waals surface area contributed by atoms with Crippen molar-refractivity contribution >= 4 is 104 Å². The van der Waals surface area contributed by atoms with Crippen molar-refractivity contribution in [1.82, 2.24) is 0 Å². The maximum atomic E-state index is 13.5. The summed E-state index contributed by atoms with van der Waals surface area (Å²) >= 11 is 16.8. The lowest BCUT2D eigenvalue weighted by Gasteiger charge is -2.43. The molecule has 4 aromatic carbocycles. The van der Waals surface area contributed by atoms with E-state index in [1.807, 2.05) is 0 Å². The molecule has 48 heavy (non-hydrogen) atoms. The third-order valence-electron chi connectivity index (χ3n) is 7.00. The maximum Gasteiger partial charge on any atom is 0.338 e. The molecule has 1 aliphatic heterocycles. The van der Waals surface area contributed by atoms with Crippen molar-refractivity contribution in [3.05, 3.63) is 137 Å². The second kappa shape index (κ2) is 16.7. The molecule has 0 unspecified atom stereocenters. The number of esters is 4. The first-order chi connectivity index (χ1) is 23.0. The van der Waals surface area contributed by atoms with Gasteiger partial charge < -0.3 is 23.7 Å². The van der Waals surface area contributed by atoms with E-state index in [0.717, 1.165) is 17.9 Å². The van der Waals surface area contributed by atoms with Crippen LogP contribution in [0, 0.1) is 0 Å². The number of rotatable bonds is 9. The molecule has 0 amide bonds. The maximum absolute atomic E-state index is 13.5. The van der Waals surface area contributed by atoms with Gasteiger partial charge in [0.05, 0.1) is 22.3 Å². The lowest BCUT2D eigenvalue weighted by atomic mass is 9.99. The summed E-state index contributed by atoms with van der Waals surface area (Å²) in [4.78, 5) is 53.3. The van der Waals surface area contributed by atoms with E-state index >= 15 is 0 Å². The van der Waals surface area contributed by atoms with Gasteiger partial charge >= 0.3 is 23.9 Å². The number of alkyl halides is 1. The molecule has 1 saturated heterocycles. The Kier molecular flexibility index (Phi) is 12.7. The minimum atomic E-state index is -1.42. The van der Waals surface area contributed by atoms with Crippen LogP contribution in [0.1, 0.15) is 41.4 Å². The van der Waals surface area contributed by atoms with Gasteiger partial charge in [-0.25, -0.2) is 19.2 Å². The summed E-state index contributed by atoms with van der Waals surface area (Å²) in [7, 11) is 0. The Labute approximate surface area is 317 Å². The summed E-state index contributed by atoms with van der Waals surface area (Å²) in [5.74, 6) is -2.98. The first kappa shape index (κ1) is 36.4. The molecular formula is C34H23Br5O9. The Balaban J connectivity index is 1.49. The average Bonchev–Trinajstić information content (AvgIpc) is 3.07. The van der Waals surface area contributed by atoms with Gasteiger partial charge in [0.25, 0.3) is 0 Å². The SMILES string of the molecule is O=C(OC[C@H]1O[C@H](Br)[C@H](OC(=O)c2ccc(Br)cc2)[C@@H](OC(=O)c2ccc(Br)cc2)[C@@H]1OC(=O)c1ccc(Br)cc1)c1ccc(Br)cc1. The van der Waals surface area contributed by atoms with Gasteiger partial charge in [-0.2, -0.15) is 0 Å². The molecule has 5 rings (SSSR count). The Morgan fingerprint density at radius 3 is 1.17 bits per heavy atom. The van der Waals surface area contributed by atoms with E-state index in [1.54, 1.807) is 97.1 Å². The van der Waals surface area contributed by atoms with Gasteiger partial charge in [-0.15, -0.1) is 0 Å². The van der Waals surface area contributed by atoms with Gasteiger partial charge in [0, 0.05) is 17.9 Å². The number of ether oxygens (including phenoxy) is 5. The summed E-state index contributed by atoms with van der Waals surface area (Å²) in [6.07, 6.45) is -5.32. The smallest absolute Gasteiger partial charge is 0.338 e. The molecule has 0 aliphatic carbocycles. The second-order valence-electron chi connectivity index (χ2n) is 10.3. The first-order valence-corrected chi connectivity index (χ1v) is 18.2. The predicted octanol–water partition coefficient (Wildman–Crippen LogP) is 8.69. The van der Waals surface area contributed by atoms with Crippen molar-refractivity contribution in [2.24, 2.45) is 0 Å². The molecule has 9 nitrogen and oxygen atoms in total. The molecule has 1 fully saturated rings. The van der Waals surface area contributed by atoms with Gasteiger partial charge in [-0.1, -0.05) is 79.6 Å². The molecule has 14 heteroatoms. The van der Waals surface area contributed by atoms with E-state index in [-0.39, 0.29) is 22.3 Å². The van der Waals surface area contributed by atoms with E-state index in [1.165, 1.54) is 0 Å². The first-order valence-electron chi connectivity index (χ1n) is 14.1. The lowest BCUT2D eigenvalue weighted by Crippen LogP contribution is -2.61. The third kappa shape index (κ3) is 9.42. The molecule has 248 valence electrons. The van der Waals surface area contributed by atoms with Gasteiger partial charge in [-0.3, -0.25) is 0 Å². The van der Waals surface area contributed by atoms with Crippen LogP contribution in [-0.4, -0.2) is 59.9 Å². The molecular weight excluding hydrogens is 952 g/mol. The van der Waals surface area contributed by atoms with Crippen LogP contribution in [0.2, 0.25) is 0 Å². The fourth-order valence-electron chi connectivity index (χ4n) is 4.56. The minimum absolute atomic E-state index is 0.185. The van der Waals surface area contributed by atoms with E-state index in [2.05, 4.69) is 79.6 Å². The Morgan fingerprint density at radius 2 is 0.792 bits per heavy atom. The highest BCUT2D eigenvalue weighted by Crippen LogP contribution is 2.33. The van der Waals surface area contributed by atoms with Crippen LogP contribution in [0.3, 0.4) is 0 Å². The van der Waals surface area contributed by atoms with Crippen molar-refractivity contribution in [2.75, 3.05) is 6.61 Å². The van der Waals surface area contributed by atoms with Crippen molar-refractivity contribution < 1.29 is 42.9 Å². The summed E-state index contributed by atoms with van der Waals surface area (Å²) < 4.78 is 32.5. The van der Waals surface area contributed by atoms with Gasteiger partial charge in [0.15, 0.2) is 23.3 Å². The number of carbonyl (C=O) groups excluding carboxylic acids is 4. The van der Waals surface area contributed by atoms with Gasteiger partial charge in [0.1, 0.15) is 12.7 Å². The molecule has 0 saturated carbocycles. The number of carbonyl (C=O) groups is 4. The largest absolute Gasteiger partial charge is 0.459 e. The highest BCUT2D eigenvalue weighted by Gasteiger charge is 2.52. The monoisotopic (exact) mass is 970 g/mol. The second-order valence-corrected chi connectivity index (χ2v) is 14.8. The van der Waals surface area contributed by atoms with Crippen molar-refractivity contribution in [2.45, 2.75) is 29.4 Å². The van der Waals surface area contributed by atoms with E-state index in [4.69, 9.17) is 23.7 Å². The van der Waals surface area contributed by atoms with Crippen LogP contribution >= 0.6 is 79.6 Å². The number of benzene rings is 4. The zero-order valence-electron chi connectivity index (χ0n) is 24.4. The average molecular weight is 975 g/mol. The van der Waals surface area contributed by atoms with Gasteiger partial charge in [-0.05, 0) is 97.1 Å². The molecule has 0 radical (unpaired) electrons. The highest BCUT2D eigenvalue weighted by atomic mass is 79.9. The van der Waals surface area contributed by atoms with E-state index in [0.29, 0.717) is 0 Å². The summed E-state index contributed by atoms with van der Waals surface area (Å²) in [6.45, 7) is -0.408. The Bertz CT molecular complexity index is 1770. The van der Waals surface area contributed by atoms with E-state index in [9.17, 15) is 19.2 Å². The highest BCUT2D eigenvalue weighted by molar-refractivity contribution is 9.11. The lowest BCUT2D eigenvalue weighted by molar-refractivity contribution is -0.205. The minimum Gasteiger partial charge on any atom is -0.459 e. The normalized spacial score (nSPS) is 20.3. The predicted molar refractivity (Wildman–Crippen MR) is 192 cm³/mol. The topological polar surface area (TPSA) is 114 Å².